The first-order valence-corrected chi connectivity index (χ1v) is 7.86. The molecule has 0 aliphatic heterocycles. The highest BCUT2D eigenvalue weighted by atomic mass is 16.5. The minimum Gasteiger partial charge on any atom is -0.463 e. The third-order valence-electron chi connectivity index (χ3n) is 3.71. The number of rotatable bonds is 5. The minimum atomic E-state index is -0.675. The normalized spacial score (nSPS) is 10.8. The second-order valence-corrected chi connectivity index (χ2v) is 5.37. The van der Waals surface area contributed by atoms with E-state index in [4.69, 9.17) is 4.42 Å². The van der Waals surface area contributed by atoms with E-state index >= 15 is 0 Å². The number of nitriles is 1. The SMILES string of the molecule is COC(=O)c1cc(N=NC(c2ccccc2)c2ccccc2)c(C#N)o1. The number of hydrogen-bond donors (Lipinski definition) is 0. The average Bonchev–Trinajstić information content (AvgIpc) is 3.12. The van der Waals surface area contributed by atoms with Crippen LogP contribution in [-0.4, -0.2) is 13.1 Å². The Kier molecular flexibility index (Phi) is 5.20. The van der Waals surface area contributed by atoms with E-state index in [1.165, 1.54) is 13.2 Å². The van der Waals surface area contributed by atoms with Crippen LogP contribution in [-0.2, 0) is 4.74 Å². The Morgan fingerprint density at radius 3 is 2.15 bits per heavy atom. The first-order chi connectivity index (χ1) is 12.7. The third kappa shape index (κ3) is 3.68. The van der Waals surface area contributed by atoms with Gasteiger partial charge in [0.15, 0.2) is 0 Å². The fourth-order valence-corrected chi connectivity index (χ4v) is 2.45. The number of nitrogens with zero attached hydrogens (tertiary/aromatic N) is 3. The van der Waals surface area contributed by atoms with E-state index in [9.17, 15) is 10.1 Å². The molecule has 0 N–H and O–H groups in total. The van der Waals surface area contributed by atoms with Gasteiger partial charge in [-0.3, -0.25) is 0 Å². The Labute approximate surface area is 150 Å². The zero-order valence-corrected chi connectivity index (χ0v) is 14.0. The molecule has 0 unspecified atom stereocenters. The van der Waals surface area contributed by atoms with Crippen molar-refractivity contribution in [2.24, 2.45) is 10.2 Å². The molecule has 0 radical (unpaired) electrons. The van der Waals surface area contributed by atoms with E-state index in [2.05, 4.69) is 15.0 Å². The molecule has 0 atom stereocenters. The highest BCUT2D eigenvalue weighted by Crippen LogP contribution is 2.30. The van der Waals surface area contributed by atoms with Gasteiger partial charge in [0, 0.05) is 6.07 Å². The zero-order valence-electron chi connectivity index (χ0n) is 14.0. The second kappa shape index (κ2) is 7.90. The second-order valence-electron chi connectivity index (χ2n) is 5.37. The molecule has 0 aliphatic carbocycles. The molecule has 128 valence electrons. The maximum atomic E-state index is 11.6. The molecule has 2 aromatic carbocycles. The van der Waals surface area contributed by atoms with Crippen LogP contribution >= 0.6 is 0 Å². The summed E-state index contributed by atoms with van der Waals surface area (Å²) < 4.78 is 9.77. The Morgan fingerprint density at radius 2 is 1.65 bits per heavy atom. The van der Waals surface area contributed by atoms with Gasteiger partial charge in [0.05, 0.1) is 7.11 Å². The van der Waals surface area contributed by atoms with Gasteiger partial charge in [-0.1, -0.05) is 60.7 Å². The number of azo groups is 1. The number of methoxy groups -OCH3 is 1. The lowest BCUT2D eigenvalue weighted by molar-refractivity contribution is 0.0564. The molecular weight excluding hydrogens is 330 g/mol. The van der Waals surface area contributed by atoms with Crippen molar-refractivity contribution in [3.8, 4) is 6.07 Å². The van der Waals surface area contributed by atoms with Crippen LogP contribution in [0.4, 0.5) is 5.69 Å². The van der Waals surface area contributed by atoms with Gasteiger partial charge >= 0.3 is 5.97 Å². The molecular formula is C20H15N3O3. The minimum absolute atomic E-state index is 0.0889. The fourth-order valence-electron chi connectivity index (χ4n) is 2.45. The van der Waals surface area contributed by atoms with E-state index in [0.717, 1.165) is 11.1 Å². The number of carbonyl (C=O) groups is 1. The Hall–Kier alpha value is -3.72. The van der Waals surface area contributed by atoms with Gasteiger partial charge in [0.25, 0.3) is 0 Å². The van der Waals surface area contributed by atoms with E-state index in [-0.39, 0.29) is 23.2 Å². The maximum Gasteiger partial charge on any atom is 0.374 e. The summed E-state index contributed by atoms with van der Waals surface area (Å²) >= 11 is 0. The first kappa shape index (κ1) is 17.1. The van der Waals surface area contributed by atoms with Crippen LogP contribution in [0.2, 0.25) is 0 Å². The zero-order chi connectivity index (χ0) is 18.4. The van der Waals surface area contributed by atoms with Crippen molar-refractivity contribution < 1.29 is 13.9 Å². The number of benzene rings is 2. The lowest BCUT2D eigenvalue weighted by atomic mass is 10.00. The van der Waals surface area contributed by atoms with Crippen LogP contribution < -0.4 is 0 Å². The predicted octanol–water partition coefficient (Wildman–Crippen LogP) is 4.81. The summed E-state index contributed by atoms with van der Waals surface area (Å²) in [6, 6.07) is 22.2. The summed E-state index contributed by atoms with van der Waals surface area (Å²) in [5.74, 6) is -0.853. The number of ether oxygens (including phenoxy) is 1. The van der Waals surface area contributed by atoms with Gasteiger partial charge in [-0.15, -0.1) is 0 Å². The fraction of sp³-hybridized carbons (Fsp3) is 0.100. The maximum absolute atomic E-state index is 11.6. The smallest absolute Gasteiger partial charge is 0.374 e. The third-order valence-corrected chi connectivity index (χ3v) is 3.71. The van der Waals surface area contributed by atoms with Crippen molar-refractivity contribution in [3.63, 3.8) is 0 Å². The molecule has 0 saturated heterocycles. The topological polar surface area (TPSA) is 88.0 Å². The summed E-state index contributed by atoms with van der Waals surface area (Å²) in [5.41, 5.74) is 2.10. The summed E-state index contributed by atoms with van der Waals surface area (Å²) in [4.78, 5) is 11.6. The molecule has 1 heterocycles. The average molecular weight is 345 g/mol. The molecule has 6 nitrogen and oxygen atoms in total. The molecule has 6 heteroatoms. The lowest BCUT2D eigenvalue weighted by Crippen LogP contribution is -1.98. The molecule has 1 aromatic heterocycles. The highest BCUT2D eigenvalue weighted by Gasteiger charge is 2.18. The number of esters is 1. The summed E-state index contributed by atoms with van der Waals surface area (Å²) in [5, 5.41) is 17.8. The van der Waals surface area contributed by atoms with Gasteiger partial charge in [0.1, 0.15) is 17.8 Å². The summed E-state index contributed by atoms with van der Waals surface area (Å²) in [6.07, 6.45) is 0. The van der Waals surface area contributed by atoms with E-state index in [1.807, 2.05) is 66.7 Å². The molecule has 0 amide bonds. The van der Waals surface area contributed by atoms with Crippen LogP contribution in [0.5, 0.6) is 0 Å². The van der Waals surface area contributed by atoms with Gasteiger partial charge in [-0.2, -0.15) is 15.5 Å². The molecule has 0 fully saturated rings. The molecule has 3 aromatic rings. The van der Waals surface area contributed by atoms with Gasteiger partial charge < -0.3 is 9.15 Å². The van der Waals surface area contributed by atoms with Crippen LogP contribution in [0.1, 0.15) is 33.5 Å². The van der Waals surface area contributed by atoms with Gasteiger partial charge in [-0.25, -0.2) is 4.79 Å². The first-order valence-electron chi connectivity index (χ1n) is 7.86. The number of furan rings is 1. The van der Waals surface area contributed by atoms with Crippen LogP contribution in [0, 0.1) is 11.3 Å². The summed E-state index contributed by atoms with van der Waals surface area (Å²) in [6.45, 7) is 0. The molecule has 0 spiro atoms. The lowest BCUT2D eigenvalue weighted by Gasteiger charge is -2.11. The molecule has 0 bridgehead atoms. The standard InChI is InChI=1S/C20H15N3O3/c1-25-20(24)17-12-16(18(13-21)26-17)22-23-19(14-8-4-2-5-9-14)15-10-6-3-7-11-15/h2-12,19H,1H3. The van der Waals surface area contributed by atoms with E-state index in [1.54, 1.807) is 0 Å². The van der Waals surface area contributed by atoms with Crippen molar-refractivity contribution >= 4 is 11.7 Å². The van der Waals surface area contributed by atoms with E-state index in [0.29, 0.717) is 0 Å². The van der Waals surface area contributed by atoms with Crippen LogP contribution in [0.3, 0.4) is 0 Å². The van der Waals surface area contributed by atoms with Crippen LogP contribution in [0.25, 0.3) is 0 Å². The van der Waals surface area contributed by atoms with Crippen molar-refractivity contribution in [3.05, 3.63) is 89.4 Å². The molecule has 26 heavy (non-hydrogen) atoms. The highest BCUT2D eigenvalue weighted by molar-refractivity contribution is 5.87. The number of hydrogen-bond acceptors (Lipinski definition) is 6. The Balaban J connectivity index is 1.99. The number of carbonyl (C=O) groups excluding carboxylic acids is 1. The molecule has 0 saturated carbocycles. The van der Waals surface area contributed by atoms with Gasteiger partial charge in [0.2, 0.25) is 11.5 Å². The Morgan fingerprint density at radius 1 is 1.08 bits per heavy atom. The van der Waals surface area contributed by atoms with Crippen molar-refractivity contribution in [1.29, 1.82) is 5.26 Å². The summed E-state index contributed by atoms with van der Waals surface area (Å²) in [7, 11) is 1.24. The van der Waals surface area contributed by atoms with Crippen molar-refractivity contribution in [2.75, 3.05) is 7.11 Å². The largest absolute Gasteiger partial charge is 0.463 e. The molecule has 3 rings (SSSR count). The van der Waals surface area contributed by atoms with Crippen molar-refractivity contribution in [2.45, 2.75) is 6.04 Å². The Bertz CT molecular complexity index is 917. The van der Waals surface area contributed by atoms with Crippen molar-refractivity contribution in [1.82, 2.24) is 0 Å². The monoisotopic (exact) mass is 345 g/mol. The molecule has 0 aliphatic rings. The predicted molar refractivity (Wildman–Crippen MR) is 94.0 cm³/mol. The van der Waals surface area contributed by atoms with Gasteiger partial charge in [-0.05, 0) is 11.1 Å². The van der Waals surface area contributed by atoms with E-state index < -0.39 is 5.97 Å². The quantitative estimate of drug-likeness (QED) is 0.490. The van der Waals surface area contributed by atoms with Crippen LogP contribution in [0.15, 0.2) is 81.4 Å².